The predicted octanol–water partition coefficient (Wildman–Crippen LogP) is 3.86. The van der Waals surface area contributed by atoms with Crippen LogP contribution in [0.15, 0.2) is 4.99 Å². The van der Waals surface area contributed by atoms with Crippen LogP contribution in [-0.4, -0.2) is 50.1 Å². The first-order valence-corrected chi connectivity index (χ1v) is 10.1. The van der Waals surface area contributed by atoms with Crippen LogP contribution >= 0.6 is 24.0 Å². The highest BCUT2D eigenvalue weighted by Crippen LogP contribution is 2.28. The lowest BCUT2D eigenvalue weighted by molar-refractivity contribution is 0.343. The van der Waals surface area contributed by atoms with Gasteiger partial charge in [0, 0.05) is 26.2 Å². The molecule has 2 rings (SSSR count). The normalized spacial score (nSPS) is 22.6. The van der Waals surface area contributed by atoms with Crippen molar-refractivity contribution in [2.24, 2.45) is 16.8 Å². The second kappa shape index (κ2) is 13.2. The summed E-state index contributed by atoms with van der Waals surface area (Å²) in [6, 6.07) is 0. The summed E-state index contributed by atoms with van der Waals surface area (Å²) in [5.41, 5.74) is 0. The standard InChI is InChI=1S/C19H38N4.HI/c1-3-20-19(22-15-18-12-14-23(4-2)16-18)21-13-8-7-11-17-9-5-6-10-17;/h17-18H,3-16H2,1-2H3,(H2,20,21,22);1H. The molecule has 2 N–H and O–H groups in total. The van der Waals surface area contributed by atoms with Crippen LogP contribution < -0.4 is 10.6 Å². The van der Waals surface area contributed by atoms with Crippen molar-refractivity contribution in [3.63, 3.8) is 0 Å². The Bertz CT molecular complexity index is 342. The number of hydrogen-bond donors (Lipinski definition) is 2. The largest absolute Gasteiger partial charge is 0.357 e. The first-order valence-electron chi connectivity index (χ1n) is 10.1. The maximum absolute atomic E-state index is 4.81. The topological polar surface area (TPSA) is 39.7 Å². The minimum atomic E-state index is 0. The fourth-order valence-corrected chi connectivity index (χ4v) is 3.98. The van der Waals surface area contributed by atoms with Gasteiger partial charge >= 0.3 is 0 Å². The number of guanidine groups is 1. The fourth-order valence-electron chi connectivity index (χ4n) is 3.98. The molecule has 1 unspecified atom stereocenters. The third kappa shape index (κ3) is 8.37. The summed E-state index contributed by atoms with van der Waals surface area (Å²) in [6.45, 7) is 11.0. The van der Waals surface area contributed by atoms with Crippen molar-refractivity contribution in [3.05, 3.63) is 0 Å². The molecular weight excluding hydrogens is 411 g/mol. The van der Waals surface area contributed by atoms with Crippen LogP contribution in [0.4, 0.5) is 0 Å². The molecule has 2 aliphatic rings. The Morgan fingerprint density at radius 3 is 2.50 bits per heavy atom. The van der Waals surface area contributed by atoms with Crippen molar-refractivity contribution in [1.29, 1.82) is 0 Å². The van der Waals surface area contributed by atoms with E-state index in [2.05, 4.69) is 29.4 Å². The number of halogens is 1. The van der Waals surface area contributed by atoms with Gasteiger partial charge in [-0.05, 0) is 44.7 Å². The Kier molecular flexibility index (Phi) is 12.1. The minimum Gasteiger partial charge on any atom is -0.357 e. The highest BCUT2D eigenvalue weighted by molar-refractivity contribution is 14.0. The molecule has 0 spiro atoms. The van der Waals surface area contributed by atoms with Crippen molar-refractivity contribution >= 4 is 29.9 Å². The lowest BCUT2D eigenvalue weighted by Gasteiger charge is -2.14. The Hall–Kier alpha value is -0.0400. The summed E-state index contributed by atoms with van der Waals surface area (Å²) in [4.78, 5) is 7.34. The Balaban J connectivity index is 0.00000288. The number of rotatable bonds is 9. The van der Waals surface area contributed by atoms with Gasteiger partial charge < -0.3 is 15.5 Å². The first kappa shape index (κ1) is 22.0. The molecule has 0 bridgehead atoms. The molecule has 2 fully saturated rings. The minimum absolute atomic E-state index is 0. The molecule has 1 saturated carbocycles. The maximum atomic E-state index is 4.81. The molecule has 24 heavy (non-hydrogen) atoms. The number of unbranched alkanes of at least 4 members (excludes halogenated alkanes) is 1. The van der Waals surface area contributed by atoms with Crippen LogP contribution in [0.5, 0.6) is 0 Å². The van der Waals surface area contributed by atoms with Gasteiger partial charge in [-0.15, -0.1) is 24.0 Å². The van der Waals surface area contributed by atoms with E-state index in [-0.39, 0.29) is 24.0 Å². The van der Waals surface area contributed by atoms with E-state index in [4.69, 9.17) is 4.99 Å². The van der Waals surface area contributed by atoms with Crippen molar-refractivity contribution in [2.45, 2.75) is 65.2 Å². The maximum Gasteiger partial charge on any atom is 0.191 e. The molecule has 0 amide bonds. The number of nitrogens with one attached hydrogen (secondary N) is 2. The second-order valence-electron chi connectivity index (χ2n) is 7.34. The molecule has 4 nitrogen and oxygen atoms in total. The monoisotopic (exact) mass is 450 g/mol. The fraction of sp³-hybridized carbons (Fsp3) is 0.947. The van der Waals surface area contributed by atoms with Gasteiger partial charge in [-0.1, -0.05) is 45.4 Å². The SMILES string of the molecule is CCNC(=NCC1CCN(CC)C1)NCCCCC1CCCC1.I. The lowest BCUT2D eigenvalue weighted by atomic mass is 10.0. The summed E-state index contributed by atoms with van der Waals surface area (Å²) >= 11 is 0. The third-order valence-electron chi connectivity index (χ3n) is 5.48. The van der Waals surface area contributed by atoms with Gasteiger partial charge in [-0.2, -0.15) is 0 Å². The predicted molar refractivity (Wildman–Crippen MR) is 115 cm³/mol. The molecule has 0 aromatic carbocycles. The van der Waals surface area contributed by atoms with Crippen LogP contribution in [0, 0.1) is 11.8 Å². The highest BCUT2D eigenvalue weighted by Gasteiger charge is 2.20. The summed E-state index contributed by atoms with van der Waals surface area (Å²) in [7, 11) is 0. The van der Waals surface area contributed by atoms with Crippen LogP contribution in [0.25, 0.3) is 0 Å². The Labute approximate surface area is 166 Å². The van der Waals surface area contributed by atoms with E-state index in [1.165, 1.54) is 71.0 Å². The second-order valence-corrected chi connectivity index (χ2v) is 7.34. The van der Waals surface area contributed by atoms with Gasteiger partial charge in [-0.25, -0.2) is 0 Å². The van der Waals surface area contributed by atoms with Crippen molar-refractivity contribution in [3.8, 4) is 0 Å². The smallest absolute Gasteiger partial charge is 0.191 e. The number of hydrogen-bond acceptors (Lipinski definition) is 2. The van der Waals surface area contributed by atoms with E-state index in [1.807, 2.05) is 0 Å². The van der Waals surface area contributed by atoms with Crippen LogP contribution in [-0.2, 0) is 0 Å². The van der Waals surface area contributed by atoms with Crippen LogP contribution in [0.3, 0.4) is 0 Å². The van der Waals surface area contributed by atoms with Gasteiger partial charge in [0.25, 0.3) is 0 Å². The molecule has 0 aromatic heterocycles. The molecule has 142 valence electrons. The van der Waals surface area contributed by atoms with E-state index < -0.39 is 0 Å². The molecule has 1 saturated heterocycles. The van der Waals surface area contributed by atoms with Crippen LogP contribution in [0.1, 0.15) is 65.2 Å². The molecule has 1 aliphatic heterocycles. The Morgan fingerprint density at radius 2 is 1.83 bits per heavy atom. The van der Waals surface area contributed by atoms with E-state index in [0.29, 0.717) is 0 Å². The highest BCUT2D eigenvalue weighted by atomic mass is 127. The van der Waals surface area contributed by atoms with E-state index in [0.717, 1.165) is 37.4 Å². The first-order chi connectivity index (χ1) is 11.3. The van der Waals surface area contributed by atoms with Gasteiger partial charge in [0.05, 0.1) is 0 Å². The van der Waals surface area contributed by atoms with Gasteiger partial charge in [0.2, 0.25) is 0 Å². The average molecular weight is 450 g/mol. The zero-order valence-corrected chi connectivity index (χ0v) is 18.2. The summed E-state index contributed by atoms with van der Waals surface area (Å²) in [5, 5.41) is 6.91. The number of likely N-dealkylation sites (tertiary alicyclic amines) is 1. The number of aliphatic imine (C=N–C) groups is 1. The van der Waals surface area contributed by atoms with Gasteiger partial charge in [0.15, 0.2) is 5.96 Å². The summed E-state index contributed by atoms with van der Waals surface area (Å²) in [5.74, 6) is 2.79. The van der Waals surface area contributed by atoms with Crippen molar-refractivity contribution in [1.82, 2.24) is 15.5 Å². The van der Waals surface area contributed by atoms with E-state index in [9.17, 15) is 0 Å². The van der Waals surface area contributed by atoms with Gasteiger partial charge in [-0.3, -0.25) is 4.99 Å². The summed E-state index contributed by atoms with van der Waals surface area (Å²) in [6.07, 6.45) is 11.3. The van der Waals surface area contributed by atoms with Crippen molar-refractivity contribution in [2.75, 3.05) is 39.3 Å². The molecule has 1 aliphatic carbocycles. The lowest BCUT2D eigenvalue weighted by Crippen LogP contribution is -2.38. The van der Waals surface area contributed by atoms with E-state index in [1.54, 1.807) is 0 Å². The molecule has 0 aromatic rings. The molecule has 1 atom stereocenters. The number of nitrogens with zero attached hydrogens (tertiary/aromatic N) is 2. The van der Waals surface area contributed by atoms with E-state index >= 15 is 0 Å². The zero-order chi connectivity index (χ0) is 16.3. The molecule has 0 radical (unpaired) electrons. The quantitative estimate of drug-likeness (QED) is 0.243. The molecule has 1 heterocycles. The van der Waals surface area contributed by atoms with Crippen molar-refractivity contribution < 1.29 is 0 Å². The summed E-state index contributed by atoms with van der Waals surface area (Å²) < 4.78 is 0. The Morgan fingerprint density at radius 1 is 1.04 bits per heavy atom. The van der Waals surface area contributed by atoms with Gasteiger partial charge in [0.1, 0.15) is 0 Å². The zero-order valence-electron chi connectivity index (χ0n) is 15.9. The molecular formula is C19H39IN4. The molecule has 5 heteroatoms. The average Bonchev–Trinajstić information content (AvgIpc) is 3.23. The van der Waals surface area contributed by atoms with Crippen LogP contribution in [0.2, 0.25) is 0 Å². The third-order valence-corrected chi connectivity index (χ3v) is 5.48.